The van der Waals surface area contributed by atoms with Gasteiger partial charge in [0.1, 0.15) is 5.65 Å². The molecule has 1 atom stereocenters. The lowest BCUT2D eigenvalue weighted by atomic mass is 10.2. The molecule has 0 aliphatic carbocycles. The average Bonchev–Trinajstić information content (AvgIpc) is 2.84. The number of nitrogens with zero attached hydrogens (tertiary/aromatic N) is 1. The Morgan fingerprint density at radius 1 is 1.53 bits per heavy atom. The molecule has 0 amide bonds. The van der Waals surface area contributed by atoms with E-state index in [4.69, 9.17) is 4.74 Å². The summed E-state index contributed by atoms with van der Waals surface area (Å²) in [5.74, 6) is 0. The first kappa shape index (κ1) is 8.73. The number of H-pyrrole nitrogens is 1. The number of pyridine rings is 1. The number of hydrogen-bond acceptors (Lipinski definition) is 2. The summed E-state index contributed by atoms with van der Waals surface area (Å²) in [5, 5.41) is 0. The quantitative estimate of drug-likeness (QED) is 0.764. The molecule has 0 saturated carbocycles. The minimum Gasteiger partial charge on any atom is -0.372 e. The van der Waals surface area contributed by atoms with Crippen molar-refractivity contribution in [3.05, 3.63) is 40.4 Å². The lowest BCUT2D eigenvalue weighted by molar-refractivity contribution is 0.109. The summed E-state index contributed by atoms with van der Waals surface area (Å²) in [6.07, 6.45) is 6.09. The highest BCUT2D eigenvalue weighted by molar-refractivity contribution is 5.39. The van der Waals surface area contributed by atoms with Gasteiger partial charge in [0.05, 0.1) is 11.8 Å². The molecule has 3 rings (SSSR count). The molecule has 1 aliphatic heterocycles. The molecule has 3 heterocycles. The first-order chi connectivity index (χ1) is 7.33. The minimum atomic E-state index is 0.0238. The van der Waals surface area contributed by atoms with Gasteiger partial charge in [-0.05, 0) is 12.8 Å². The fourth-order valence-electron chi connectivity index (χ4n) is 2.02. The Hall–Kier alpha value is -1.55. The van der Waals surface area contributed by atoms with Crippen molar-refractivity contribution in [3.8, 4) is 0 Å². The highest BCUT2D eigenvalue weighted by atomic mass is 16.5. The molecular weight excluding hydrogens is 192 g/mol. The smallest absolute Gasteiger partial charge is 0.183 e. The number of nitrogens with one attached hydrogen (secondary N) is 1. The second kappa shape index (κ2) is 3.24. The van der Waals surface area contributed by atoms with Crippen LogP contribution in [-0.4, -0.2) is 16.0 Å². The second-order valence-corrected chi connectivity index (χ2v) is 3.87. The standard InChI is InChI=1S/C11H12N2O2/c14-8-3-4-13-7-9(12-11(13)6-8)10-2-1-5-15-10/h3-4,6-7,10,12H,1-2,5H2. The van der Waals surface area contributed by atoms with E-state index < -0.39 is 0 Å². The molecule has 2 aromatic heterocycles. The summed E-state index contributed by atoms with van der Waals surface area (Å²) >= 11 is 0. The van der Waals surface area contributed by atoms with Gasteiger partial charge < -0.3 is 14.1 Å². The number of rotatable bonds is 1. The molecule has 0 aromatic carbocycles. The fourth-order valence-corrected chi connectivity index (χ4v) is 2.02. The van der Waals surface area contributed by atoms with Crippen LogP contribution in [0.5, 0.6) is 0 Å². The Kier molecular flexibility index (Phi) is 1.89. The zero-order chi connectivity index (χ0) is 10.3. The highest BCUT2D eigenvalue weighted by Crippen LogP contribution is 2.27. The third-order valence-corrected chi connectivity index (χ3v) is 2.78. The molecule has 4 heteroatoms. The highest BCUT2D eigenvalue weighted by Gasteiger charge is 2.19. The van der Waals surface area contributed by atoms with Crippen molar-refractivity contribution in [2.24, 2.45) is 0 Å². The summed E-state index contributed by atoms with van der Waals surface area (Å²) in [5.41, 5.74) is 1.90. The van der Waals surface area contributed by atoms with Crippen LogP contribution in [0.3, 0.4) is 0 Å². The van der Waals surface area contributed by atoms with Gasteiger partial charge in [-0.15, -0.1) is 0 Å². The van der Waals surface area contributed by atoms with Crippen LogP contribution in [-0.2, 0) is 4.74 Å². The molecular formula is C11H12N2O2. The molecule has 0 bridgehead atoms. The van der Waals surface area contributed by atoms with E-state index in [2.05, 4.69) is 4.98 Å². The number of fused-ring (bicyclic) bond motifs is 1. The molecule has 1 N–H and O–H groups in total. The van der Waals surface area contributed by atoms with E-state index >= 15 is 0 Å². The molecule has 1 aliphatic rings. The van der Waals surface area contributed by atoms with Crippen LogP contribution in [0.15, 0.2) is 29.3 Å². The van der Waals surface area contributed by atoms with Crippen molar-refractivity contribution in [3.63, 3.8) is 0 Å². The predicted molar refractivity (Wildman–Crippen MR) is 55.9 cm³/mol. The van der Waals surface area contributed by atoms with Gasteiger partial charge in [-0.3, -0.25) is 4.79 Å². The van der Waals surface area contributed by atoms with Gasteiger partial charge in [-0.25, -0.2) is 0 Å². The topological polar surface area (TPSA) is 46.5 Å². The normalized spacial score (nSPS) is 21.2. The van der Waals surface area contributed by atoms with Crippen LogP contribution in [0.1, 0.15) is 24.6 Å². The predicted octanol–water partition coefficient (Wildman–Crippen LogP) is 1.48. The monoisotopic (exact) mass is 204 g/mol. The largest absolute Gasteiger partial charge is 0.372 e. The van der Waals surface area contributed by atoms with Gasteiger partial charge in [0.2, 0.25) is 0 Å². The van der Waals surface area contributed by atoms with Crippen LogP contribution >= 0.6 is 0 Å². The summed E-state index contributed by atoms with van der Waals surface area (Å²) < 4.78 is 7.49. The number of ether oxygens (including phenoxy) is 1. The molecule has 0 radical (unpaired) electrons. The van der Waals surface area contributed by atoms with Crippen LogP contribution in [0.4, 0.5) is 0 Å². The third-order valence-electron chi connectivity index (χ3n) is 2.78. The molecule has 1 saturated heterocycles. The van der Waals surface area contributed by atoms with Gasteiger partial charge >= 0.3 is 0 Å². The number of aromatic nitrogens is 2. The maximum Gasteiger partial charge on any atom is 0.183 e. The molecule has 15 heavy (non-hydrogen) atoms. The first-order valence-electron chi connectivity index (χ1n) is 5.15. The van der Waals surface area contributed by atoms with E-state index in [1.54, 1.807) is 18.3 Å². The van der Waals surface area contributed by atoms with E-state index in [-0.39, 0.29) is 11.5 Å². The number of imidazole rings is 1. The van der Waals surface area contributed by atoms with Crippen molar-refractivity contribution < 1.29 is 4.74 Å². The summed E-state index contributed by atoms with van der Waals surface area (Å²) in [7, 11) is 0. The summed E-state index contributed by atoms with van der Waals surface area (Å²) in [4.78, 5) is 14.4. The maximum atomic E-state index is 11.1. The number of hydrogen-bond donors (Lipinski definition) is 1. The Morgan fingerprint density at radius 2 is 2.47 bits per heavy atom. The Morgan fingerprint density at radius 3 is 3.27 bits per heavy atom. The van der Waals surface area contributed by atoms with E-state index in [1.165, 1.54) is 0 Å². The van der Waals surface area contributed by atoms with Crippen LogP contribution in [0.2, 0.25) is 0 Å². The molecule has 78 valence electrons. The van der Waals surface area contributed by atoms with E-state index in [0.717, 1.165) is 30.8 Å². The van der Waals surface area contributed by atoms with Gasteiger partial charge in [0, 0.05) is 31.1 Å². The van der Waals surface area contributed by atoms with Gasteiger partial charge in [0.25, 0.3) is 0 Å². The summed E-state index contributed by atoms with van der Waals surface area (Å²) in [6.45, 7) is 0.831. The van der Waals surface area contributed by atoms with E-state index in [9.17, 15) is 4.79 Å². The third kappa shape index (κ3) is 1.47. The number of aromatic amines is 1. The fraction of sp³-hybridized carbons (Fsp3) is 0.364. The zero-order valence-electron chi connectivity index (χ0n) is 8.27. The lowest BCUT2D eigenvalue weighted by Gasteiger charge is -2.04. The minimum absolute atomic E-state index is 0.0238. The molecule has 4 nitrogen and oxygen atoms in total. The van der Waals surface area contributed by atoms with E-state index in [1.807, 2.05) is 10.6 Å². The van der Waals surface area contributed by atoms with Crippen molar-refractivity contribution in [1.82, 2.24) is 9.38 Å². The zero-order valence-corrected chi connectivity index (χ0v) is 8.27. The molecule has 2 aromatic rings. The van der Waals surface area contributed by atoms with Crippen molar-refractivity contribution in [2.75, 3.05) is 6.61 Å². The van der Waals surface area contributed by atoms with Crippen LogP contribution in [0.25, 0.3) is 5.65 Å². The van der Waals surface area contributed by atoms with Crippen molar-refractivity contribution in [1.29, 1.82) is 0 Å². The first-order valence-corrected chi connectivity index (χ1v) is 5.15. The average molecular weight is 204 g/mol. The van der Waals surface area contributed by atoms with Crippen LogP contribution in [0, 0.1) is 0 Å². The molecule has 0 spiro atoms. The van der Waals surface area contributed by atoms with Gasteiger partial charge in [-0.2, -0.15) is 0 Å². The Labute approximate surface area is 86.5 Å². The Balaban J connectivity index is 2.09. The lowest BCUT2D eigenvalue weighted by Crippen LogP contribution is -1.97. The second-order valence-electron chi connectivity index (χ2n) is 3.87. The van der Waals surface area contributed by atoms with Gasteiger partial charge in [0.15, 0.2) is 5.43 Å². The Bertz CT molecular complexity index is 535. The van der Waals surface area contributed by atoms with Crippen LogP contribution < -0.4 is 5.43 Å². The maximum absolute atomic E-state index is 11.1. The van der Waals surface area contributed by atoms with E-state index in [0.29, 0.717) is 0 Å². The van der Waals surface area contributed by atoms with Gasteiger partial charge in [-0.1, -0.05) is 0 Å². The summed E-state index contributed by atoms with van der Waals surface area (Å²) in [6, 6.07) is 3.15. The van der Waals surface area contributed by atoms with Crippen molar-refractivity contribution in [2.45, 2.75) is 18.9 Å². The molecule has 1 fully saturated rings. The SMILES string of the molecule is O=c1ccn2cc(C3CCCO3)[nH]c2c1. The molecule has 1 unspecified atom stereocenters. The van der Waals surface area contributed by atoms with Crippen molar-refractivity contribution >= 4 is 5.65 Å².